The second-order valence-corrected chi connectivity index (χ2v) is 4.20. The van der Waals surface area contributed by atoms with Crippen LogP contribution in [0, 0.1) is 0 Å². The minimum atomic E-state index is -0.402. The average Bonchev–Trinajstić information content (AvgIpc) is 2.42. The highest BCUT2D eigenvalue weighted by molar-refractivity contribution is 5.87. The Balaban J connectivity index is 3.56. The molecule has 0 saturated carbocycles. The van der Waals surface area contributed by atoms with E-state index in [1.165, 1.54) is 19.1 Å². The topological polar surface area (TPSA) is 65.0 Å². The van der Waals surface area contributed by atoms with Gasteiger partial charge in [-0.15, -0.1) is 0 Å². The molecular weight excluding hydrogens is 248 g/mol. The molecule has 0 aromatic heterocycles. The van der Waals surface area contributed by atoms with E-state index in [-0.39, 0.29) is 26.4 Å². The summed E-state index contributed by atoms with van der Waals surface area (Å²) >= 11 is 0. The Morgan fingerprint density at radius 1 is 1.11 bits per heavy atom. The SMILES string of the molecule is CCCCCCOC=C(C)C(=O)OCCOCCO. The van der Waals surface area contributed by atoms with Crippen molar-refractivity contribution in [1.82, 2.24) is 0 Å². The lowest BCUT2D eigenvalue weighted by molar-refractivity contribution is -0.140. The molecule has 0 spiro atoms. The maximum atomic E-state index is 11.5. The molecule has 112 valence electrons. The minimum Gasteiger partial charge on any atom is -0.501 e. The number of carbonyl (C=O) groups excluding carboxylic acids is 1. The summed E-state index contributed by atoms with van der Waals surface area (Å²) in [5.41, 5.74) is 0.442. The third-order valence-electron chi connectivity index (χ3n) is 2.39. The molecule has 0 aromatic rings. The van der Waals surface area contributed by atoms with Crippen LogP contribution in [0.2, 0.25) is 0 Å². The first-order valence-corrected chi connectivity index (χ1v) is 6.86. The minimum absolute atomic E-state index is 0.0290. The fraction of sp³-hybridized carbons (Fsp3) is 0.786. The van der Waals surface area contributed by atoms with Crippen LogP contribution in [0.3, 0.4) is 0 Å². The van der Waals surface area contributed by atoms with Gasteiger partial charge in [0.2, 0.25) is 0 Å². The Hall–Kier alpha value is -1.07. The first kappa shape index (κ1) is 17.9. The fourth-order valence-electron chi connectivity index (χ4n) is 1.32. The summed E-state index contributed by atoms with van der Waals surface area (Å²) < 4.78 is 15.2. The molecule has 19 heavy (non-hydrogen) atoms. The highest BCUT2D eigenvalue weighted by Gasteiger charge is 2.05. The first-order chi connectivity index (χ1) is 9.22. The van der Waals surface area contributed by atoms with Gasteiger partial charge < -0.3 is 19.3 Å². The molecule has 0 rings (SSSR count). The molecule has 0 radical (unpaired) electrons. The van der Waals surface area contributed by atoms with E-state index in [1.54, 1.807) is 6.92 Å². The maximum absolute atomic E-state index is 11.5. The van der Waals surface area contributed by atoms with E-state index < -0.39 is 5.97 Å². The van der Waals surface area contributed by atoms with Gasteiger partial charge in [0.15, 0.2) is 0 Å². The van der Waals surface area contributed by atoms with Crippen molar-refractivity contribution in [1.29, 1.82) is 0 Å². The van der Waals surface area contributed by atoms with Crippen molar-refractivity contribution in [3.8, 4) is 0 Å². The number of aliphatic hydroxyl groups is 1. The summed E-state index contributed by atoms with van der Waals surface area (Å²) in [5.74, 6) is -0.402. The molecule has 5 nitrogen and oxygen atoms in total. The molecule has 0 unspecified atom stereocenters. The van der Waals surface area contributed by atoms with Crippen molar-refractivity contribution in [3.05, 3.63) is 11.8 Å². The second kappa shape index (κ2) is 13.4. The first-order valence-electron chi connectivity index (χ1n) is 6.86. The van der Waals surface area contributed by atoms with Crippen LogP contribution in [0.25, 0.3) is 0 Å². The summed E-state index contributed by atoms with van der Waals surface area (Å²) in [4.78, 5) is 11.5. The number of ether oxygens (including phenoxy) is 3. The van der Waals surface area contributed by atoms with Gasteiger partial charge in [-0.05, 0) is 13.3 Å². The summed E-state index contributed by atoms with van der Waals surface area (Å²) in [7, 11) is 0. The Morgan fingerprint density at radius 3 is 2.58 bits per heavy atom. The molecule has 0 saturated heterocycles. The number of carbonyl (C=O) groups is 1. The monoisotopic (exact) mass is 274 g/mol. The summed E-state index contributed by atoms with van der Waals surface area (Å²) in [6, 6.07) is 0. The van der Waals surface area contributed by atoms with Gasteiger partial charge in [-0.25, -0.2) is 4.79 Å². The molecule has 0 amide bonds. The third-order valence-corrected chi connectivity index (χ3v) is 2.39. The molecule has 1 N–H and O–H groups in total. The molecule has 0 aliphatic rings. The van der Waals surface area contributed by atoms with Gasteiger partial charge in [-0.3, -0.25) is 0 Å². The summed E-state index contributed by atoms with van der Waals surface area (Å²) in [6.45, 7) is 5.14. The molecule has 0 aliphatic heterocycles. The van der Waals surface area contributed by atoms with Gasteiger partial charge >= 0.3 is 5.97 Å². The van der Waals surface area contributed by atoms with E-state index in [4.69, 9.17) is 19.3 Å². The highest BCUT2D eigenvalue weighted by atomic mass is 16.6. The Bertz CT molecular complexity index is 250. The van der Waals surface area contributed by atoms with E-state index in [2.05, 4.69) is 6.92 Å². The van der Waals surface area contributed by atoms with Crippen LogP contribution in [-0.4, -0.2) is 44.1 Å². The van der Waals surface area contributed by atoms with Crippen molar-refractivity contribution in [3.63, 3.8) is 0 Å². The van der Waals surface area contributed by atoms with E-state index >= 15 is 0 Å². The number of unbranched alkanes of at least 4 members (excludes halogenated alkanes) is 3. The van der Waals surface area contributed by atoms with Crippen molar-refractivity contribution in [2.24, 2.45) is 0 Å². The molecule has 0 atom stereocenters. The highest BCUT2D eigenvalue weighted by Crippen LogP contribution is 2.01. The molecule has 0 bridgehead atoms. The van der Waals surface area contributed by atoms with Crippen LogP contribution in [0.5, 0.6) is 0 Å². The molecule has 0 aliphatic carbocycles. The van der Waals surface area contributed by atoms with E-state index in [0.717, 1.165) is 12.8 Å². The van der Waals surface area contributed by atoms with Gasteiger partial charge in [0.05, 0.1) is 38.3 Å². The molecular formula is C14H26O5. The van der Waals surface area contributed by atoms with E-state index in [0.29, 0.717) is 12.2 Å². The average molecular weight is 274 g/mol. The van der Waals surface area contributed by atoms with E-state index in [1.807, 2.05) is 0 Å². The molecule has 0 aromatic carbocycles. The van der Waals surface area contributed by atoms with E-state index in [9.17, 15) is 4.79 Å². The lowest BCUT2D eigenvalue weighted by Crippen LogP contribution is -2.12. The number of aliphatic hydroxyl groups excluding tert-OH is 1. The Labute approximate surface area is 115 Å². The van der Waals surface area contributed by atoms with Crippen molar-refractivity contribution >= 4 is 5.97 Å². The predicted octanol–water partition coefficient (Wildman–Crippen LogP) is 2.04. The smallest absolute Gasteiger partial charge is 0.336 e. The zero-order valence-electron chi connectivity index (χ0n) is 12.0. The van der Waals surface area contributed by atoms with Gasteiger partial charge in [-0.1, -0.05) is 26.2 Å². The lowest BCUT2D eigenvalue weighted by atomic mass is 10.2. The van der Waals surface area contributed by atoms with Gasteiger partial charge in [0.25, 0.3) is 0 Å². The van der Waals surface area contributed by atoms with Gasteiger partial charge in [0, 0.05) is 0 Å². The maximum Gasteiger partial charge on any atom is 0.336 e. The van der Waals surface area contributed by atoms with Crippen LogP contribution in [0.1, 0.15) is 39.5 Å². The number of hydrogen-bond acceptors (Lipinski definition) is 5. The predicted molar refractivity (Wildman–Crippen MR) is 72.7 cm³/mol. The Kier molecular flexibility index (Phi) is 12.6. The number of esters is 1. The largest absolute Gasteiger partial charge is 0.501 e. The normalized spacial score (nSPS) is 11.4. The third kappa shape index (κ3) is 11.7. The second-order valence-electron chi connectivity index (χ2n) is 4.20. The van der Waals surface area contributed by atoms with Crippen molar-refractivity contribution in [2.45, 2.75) is 39.5 Å². The standard InChI is InChI=1S/C14H26O5/c1-3-4-5-6-8-18-12-13(2)14(16)19-11-10-17-9-7-15/h12,15H,3-11H2,1-2H3. The number of rotatable bonds is 12. The van der Waals surface area contributed by atoms with Crippen LogP contribution >= 0.6 is 0 Å². The van der Waals surface area contributed by atoms with Crippen molar-refractivity contribution < 1.29 is 24.1 Å². The zero-order valence-corrected chi connectivity index (χ0v) is 12.0. The Morgan fingerprint density at radius 2 is 1.89 bits per heavy atom. The van der Waals surface area contributed by atoms with Crippen LogP contribution in [0.4, 0.5) is 0 Å². The van der Waals surface area contributed by atoms with Gasteiger partial charge in [-0.2, -0.15) is 0 Å². The summed E-state index contributed by atoms with van der Waals surface area (Å²) in [5, 5.41) is 8.48. The summed E-state index contributed by atoms with van der Waals surface area (Å²) in [6.07, 6.45) is 6.00. The van der Waals surface area contributed by atoms with Crippen LogP contribution in [0.15, 0.2) is 11.8 Å². The molecule has 0 fully saturated rings. The van der Waals surface area contributed by atoms with Crippen LogP contribution < -0.4 is 0 Å². The van der Waals surface area contributed by atoms with Crippen molar-refractivity contribution in [2.75, 3.05) is 33.0 Å². The number of hydrogen-bond donors (Lipinski definition) is 1. The zero-order chi connectivity index (χ0) is 14.3. The molecule has 5 heteroatoms. The fourth-order valence-corrected chi connectivity index (χ4v) is 1.32. The lowest BCUT2D eigenvalue weighted by Gasteiger charge is -2.06. The quantitative estimate of drug-likeness (QED) is 0.255. The van der Waals surface area contributed by atoms with Gasteiger partial charge in [0.1, 0.15) is 6.61 Å². The van der Waals surface area contributed by atoms with Crippen LogP contribution in [-0.2, 0) is 19.0 Å². The molecule has 0 heterocycles.